The summed E-state index contributed by atoms with van der Waals surface area (Å²) in [7, 11) is 2.00. The summed E-state index contributed by atoms with van der Waals surface area (Å²) in [4.78, 5) is 12.8. The van der Waals surface area contributed by atoms with Gasteiger partial charge in [0.2, 0.25) is 5.91 Å². The van der Waals surface area contributed by atoms with Gasteiger partial charge in [0.25, 0.3) is 0 Å². The SMILES string of the molecule is CN(CCC(N)=O)Cc1ccc(C(C)(C)C)cc1. The van der Waals surface area contributed by atoms with E-state index in [-0.39, 0.29) is 11.3 Å². The lowest BCUT2D eigenvalue weighted by atomic mass is 9.87. The Kier molecular flexibility index (Phi) is 4.91. The second-order valence-corrected chi connectivity index (χ2v) is 5.90. The van der Waals surface area contributed by atoms with Crippen LogP contribution in [0.15, 0.2) is 24.3 Å². The summed E-state index contributed by atoms with van der Waals surface area (Å²) in [6.07, 6.45) is 0.413. The quantitative estimate of drug-likeness (QED) is 0.869. The molecule has 0 unspecified atom stereocenters. The van der Waals surface area contributed by atoms with E-state index in [4.69, 9.17) is 5.73 Å². The molecule has 0 radical (unpaired) electrons. The predicted octanol–water partition coefficient (Wildman–Crippen LogP) is 2.29. The molecule has 0 heterocycles. The molecule has 100 valence electrons. The molecule has 1 aromatic rings. The van der Waals surface area contributed by atoms with E-state index in [2.05, 4.69) is 49.9 Å². The van der Waals surface area contributed by atoms with Crippen LogP contribution in [0.1, 0.15) is 38.3 Å². The van der Waals surface area contributed by atoms with Gasteiger partial charge in [-0.1, -0.05) is 45.0 Å². The Bertz CT molecular complexity index is 390. The first-order valence-electron chi connectivity index (χ1n) is 6.35. The molecule has 18 heavy (non-hydrogen) atoms. The minimum Gasteiger partial charge on any atom is -0.370 e. The van der Waals surface area contributed by atoms with Crippen LogP contribution in [0.4, 0.5) is 0 Å². The van der Waals surface area contributed by atoms with Gasteiger partial charge in [-0.3, -0.25) is 4.79 Å². The topological polar surface area (TPSA) is 46.3 Å². The maximum absolute atomic E-state index is 10.7. The normalized spacial score (nSPS) is 11.8. The molecule has 0 aliphatic rings. The third-order valence-electron chi connectivity index (χ3n) is 3.01. The molecule has 0 saturated carbocycles. The van der Waals surface area contributed by atoms with Crippen molar-refractivity contribution in [3.05, 3.63) is 35.4 Å². The average Bonchev–Trinajstić information content (AvgIpc) is 2.26. The molecule has 0 aliphatic carbocycles. The molecule has 1 rings (SSSR count). The number of nitrogens with two attached hydrogens (primary N) is 1. The van der Waals surface area contributed by atoms with Gasteiger partial charge in [0, 0.05) is 19.5 Å². The van der Waals surface area contributed by atoms with Gasteiger partial charge < -0.3 is 10.6 Å². The molecule has 2 N–H and O–H groups in total. The van der Waals surface area contributed by atoms with Crippen molar-refractivity contribution >= 4 is 5.91 Å². The molecule has 0 spiro atoms. The number of rotatable bonds is 5. The van der Waals surface area contributed by atoms with Gasteiger partial charge >= 0.3 is 0 Å². The monoisotopic (exact) mass is 248 g/mol. The Labute approximate surface area is 110 Å². The van der Waals surface area contributed by atoms with Crippen molar-refractivity contribution in [1.29, 1.82) is 0 Å². The zero-order valence-electron chi connectivity index (χ0n) is 11.9. The molecule has 1 aromatic carbocycles. The van der Waals surface area contributed by atoms with Gasteiger partial charge in [0.1, 0.15) is 0 Å². The lowest BCUT2D eigenvalue weighted by Crippen LogP contribution is -2.24. The number of amides is 1. The molecule has 0 saturated heterocycles. The first-order valence-corrected chi connectivity index (χ1v) is 6.35. The summed E-state index contributed by atoms with van der Waals surface area (Å²) in [6, 6.07) is 8.66. The van der Waals surface area contributed by atoms with E-state index in [1.807, 2.05) is 7.05 Å². The zero-order chi connectivity index (χ0) is 13.8. The summed E-state index contributed by atoms with van der Waals surface area (Å²) in [5.41, 5.74) is 7.93. The molecule has 0 aliphatic heterocycles. The Morgan fingerprint density at radius 3 is 2.22 bits per heavy atom. The van der Waals surface area contributed by atoms with Crippen LogP contribution in [-0.4, -0.2) is 24.4 Å². The Morgan fingerprint density at radius 1 is 1.22 bits per heavy atom. The number of benzene rings is 1. The van der Waals surface area contributed by atoms with Gasteiger partial charge in [-0.05, 0) is 23.6 Å². The number of primary amides is 1. The number of carbonyl (C=O) groups excluding carboxylic acids is 1. The van der Waals surface area contributed by atoms with Crippen molar-refractivity contribution < 1.29 is 4.79 Å². The highest BCUT2D eigenvalue weighted by Crippen LogP contribution is 2.22. The molecule has 1 amide bonds. The number of hydrogen-bond acceptors (Lipinski definition) is 2. The van der Waals surface area contributed by atoms with Crippen LogP contribution in [0.2, 0.25) is 0 Å². The molecule has 3 heteroatoms. The second kappa shape index (κ2) is 6.01. The van der Waals surface area contributed by atoms with Gasteiger partial charge in [-0.15, -0.1) is 0 Å². The van der Waals surface area contributed by atoms with E-state index in [0.29, 0.717) is 13.0 Å². The summed E-state index contributed by atoms with van der Waals surface area (Å²) in [5.74, 6) is -0.245. The van der Waals surface area contributed by atoms with Crippen molar-refractivity contribution in [3.8, 4) is 0 Å². The van der Waals surface area contributed by atoms with Crippen molar-refractivity contribution in [2.45, 2.75) is 39.2 Å². The van der Waals surface area contributed by atoms with Crippen LogP contribution in [0.25, 0.3) is 0 Å². The van der Waals surface area contributed by atoms with E-state index in [1.54, 1.807) is 0 Å². The fourth-order valence-corrected chi connectivity index (χ4v) is 1.80. The van der Waals surface area contributed by atoms with Crippen LogP contribution in [0.3, 0.4) is 0 Å². The first kappa shape index (κ1) is 14.7. The standard InChI is InChI=1S/C15H24N2O/c1-15(2,3)13-7-5-12(6-8-13)11-17(4)10-9-14(16)18/h5-8H,9-11H2,1-4H3,(H2,16,18). The van der Waals surface area contributed by atoms with Crippen LogP contribution < -0.4 is 5.73 Å². The van der Waals surface area contributed by atoms with Crippen LogP contribution >= 0.6 is 0 Å². The van der Waals surface area contributed by atoms with E-state index in [0.717, 1.165) is 6.54 Å². The lowest BCUT2D eigenvalue weighted by Gasteiger charge is -2.20. The van der Waals surface area contributed by atoms with Gasteiger partial charge in [-0.25, -0.2) is 0 Å². The van der Waals surface area contributed by atoms with Crippen LogP contribution in [-0.2, 0) is 16.8 Å². The van der Waals surface area contributed by atoms with E-state index < -0.39 is 0 Å². The van der Waals surface area contributed by atoms with E-state index in [9.17, 15) is 4.79 Å². The summed E-state index contributed by atoms with van der Waals surface area (Å²) >= 11 is 0. The van der Waals surface area contributed by atoms with Crippen molar-refractivity contribution in [2.75, 3.05) is 13.6 Å². The van der Waals surface area contributed by atoms with Gasteiger partial charge in [0.05, 0.1) is 0 Å². The van der Waals surface area contributed by atoms with Crippen LogP contribution in [0, 0.1) is 0 Å². The van der Waals surface area contributed by atoms with Crippen molar-refractivity contribution in [3.63, 3.8) is 0 Å². The first-order chi connectivity index (χ1) is 8.29. The Hall–Kier alpha value is -1.35. The fourth-order valence-electron chi connectivity index (χ4n) is 1.80. The fraction of sp³-hybridized carbons (Fsp3) is 0.533. The Morgan fingerprint density at radius 2 is 1.78 bits per heavy atom. The summed E-state index contributed by atoms with van der Waals surface area (Å²) in [6.45, 7) is 8.18. The minimum absolute atomic E-state index is 0.191. The number of nitrogens with zero attached hydrogens (tertiary/aromatic N) is 1. The second-order valence-electron chi connectivity index (χ2n) is 5.90. The number of carbonyl (C=O) groups is 1. The highest BCUT2D eigenvalue weighted by molar-refractivity contribution is 5.73. The molecule has 0 aromatic heterocycles. The summed E-state index contributed by atoms with van der Waals surface area (Å²) < 4.78 is 0. The predicted molar refractivity (Wildman–Crippen MR) is 75.3 cm³/mol. The molecule has 3 nitrogen and oxygen atoms in total. The highest BCUT2D eigenvalue weighted by Gasteiger charge is 2.13. The average molecular weight is 248 g/mol. The highest BCUT2D eigenvalue weighted by atomic mass is 16.1. The zero-order valence-corrected chi connectivity index (χ0v) is 11.9. The molecular weight excluding hydrogens is 224 g/mol. The van der Waals surface area contributed by atoms with Gasteiger partial charge in [0.15, 0.2) is 0 Å². The van der Waals surface area contributed by atoms with E-state index in [1.165, 1.54) is 11.1 Å². The van der Waals surface area contributed by atoms with E-state index >= 15 is 0 Å². The third-order valence-corrected chi connectivity index (χ3v) is 3.01. The molecule has 0 fully saturated rings. The molecular formula is C15H24N2O. The minimum atomic E-state index is -0.245. The Balaban J connectivity index is 2.56. The largest absolute Gasteiger partial charge is 0.370 e. The van der Waals surface area contributed by atoms with Crippen molar-refractivity contribution in [2.24, 2.45) is 5.73 Å². The maximum atomic E-state index is 10.7. The van der Waals surface area contributed by atoms with Gasteiger partial charge in [-0.2, -0.15) is 0 Å². The molecule has 0 atom stereocenters. The molecule has 0 bridgehead atoms. The van der Waals surface area contributed by atoms with Crippen LogP contribution in [0.5, 0.6) is 0 Å². The third kappa shape index (κ3) is 4.88. The summed E-state index contributed by atoms with van der Waals surface area (Å²) in [5, 5.41) is 0. The van der Waals surface area contributed by atoms with Crippen molar-refractivity contribution in [1.82, 2.24) is 4.90 Å². The number of hydrogen-bond donors (Lipinski definition) is 1. The smallest absolute Gasteiger partial charge is 0.218 e. The lowest BCUT2D eigenvalue weighted by molar-refractivity contribution is -0.118. The maximum Gasteiger partial charge on any atom is 0.218 e.